The van der Waals surface area contributed by atoms with Crippen molar-refractivity contribution >= 4 is 17.2 Å². The van der Waals surface area contributed by atoms with Gasteiger partial charge in [0.25, 0.3) is 5.19 Å². The largest absolute Gasteiger partial charge is 0.429 e. The van der Waals surface area contributed by atoms with E-state index in [0.717, 1.165) is 22.8 Å². The maximum absolute atomic E-state index is 5.82. The average molecular weight is 249 g/mol. The first-order valence-corrected chi connectivity index (χ1v) is 6.22. The number of hydrogen-bond acceptors (Lipinski definition) is 5. The van der Waals surface area contributed by atoms with Gasteiger partial charge in [0, 0.05) is 28.7 Å². The summed E-state index contributed by atoms with van der Waals surface area (Å²) in [5.74, 6) is 1.86. The summed E-state index contributed by atoms with van der Waals surface area (Å²) in [4.78, 5) is 4.32. The summed E-state index contributed by atoms with van der Waals surface area (Å²) >= 11 is 1.26. The molecule has 0 bridgehead atoms. The van der Waals surface area contributed by atoms with Gasteiger partial charge in [-0.1, -0.05) is 19.9 Å². The molecule has 0 spiro atoms. The molecule has 0 fully saturated rings. The molecule has 0 aliphatic rings. The fraction of sp³-hybridized carbons (Fsp3) is 0.333. The fourth-order valence-corrected chi connectivity index (χ4v) is 2.02. The van der Waals surface area contributed by atoms with Crippen molar-refractivity contribution in [3.05, 3.63) is 29.6 Å². The van der Waals surface area contributed by atoms with Crippen LogP contribution in [0.1, 0.15) is 31.2 Å². The molecule has 5 heteroatoms. The van der Waals surface area contributed by atoms with Crippen LogP contribution in [0.5, 0.6) is 10.9 Å². The molecule has 0 aliphatic heterocycles. The number of anilines is 1. The summed E-state index contributed by atoms with van der Waals surface area (Å²) in [6.45, 7) is 6.03. The van der Waals surface area contributed by atoms with Crippen molar-refractivity contribution in [2.45, 2.75) is 26.7 Å². The van der Waals surface area contributed by atoms with E-state index in [1.165, 1.54) is 11.5 Å². The third-order valence-corrected chi connectivity index (χ3v) is 3.07. The minimum atomic E-state index is 0.311. The number of ether oxygens (including phenoxy) is 1. The van der Waals surface area contributed by atoms with Crippen LogP contribution in [0.3, 0.4) is 0 Å². The van der Waals surface area contributed by atoms with E-state index in [9.17, 15) is 0 Å². The van der Waals surface area contributed by atoms with Crippen molar-refractivity contribution in [1.29, 1.82) is 0 Å². The van der Waals surface area contributed by atoms with Crippen LogP contribution in [0.25, 0.3) is 0 Å². The van der Waals surface area contributed by atoms with E-state index < -0.39 is 0 Å². The molecule has 1 aromatic carbocycles. The molecule has 0 aliphatic carbocycles. The summed E-state index contributed by atoms with van der Waals surface area (Å²) in [5.41, 5.74) is 7.46. The van der Waals surface area contributed by atoms with Gasteiger partial charge < -0.3 is 10.5 Å². The summed E-state index contributed by atoms with van der Waals surface area (Å²) in [6, 6.07) is 5.59. The van der Waals surface area contributed by atoms with Crippen LogP contribution in [-0.4, -0.2) is 9.36 Å². The fourth-order valence-electron chi connectivity index (χ4n) is 1.33. The molecule has 0 amide bonds. The lowest BCUT2D eigenvalue weighted by Crippen LogP contribution is -1.94. The molecule has 0 atom stereocenters. The zero-order valence-corrected chi connectivity index (χ0v) is 10.9. The molecule has 0 unspecified atom stereocenters. The Morgan fingerprint density at radius 1 is 1.35 bits per heavy atom. The van der Waals surface area contributed by atoms with E-state index in [0.29, 0.717) is 11.1 Å². The number of nitrogen functional groups attached to an aromatic ring is 1. The maximum atomic E-state index is 5.82. The number of aromatic nitrogens is 2. The molecule has 2 rings (SSSR count). The highest BCUT2D eigenvalue weighted by Crippen LogP contribution is 2.30. The van der Waals surface area contributed by atoms with Crippen molar-refractivity contribution in [2.75, 3.05) is 5.73 Å². The lowest BCUT2D eigenvalue weighted by molar-refractivity contribution is 0.473. The molecule has 1 aromatic heterocycles. The second-order valence-corrected chi connectivity index (χ2v) is 4.86. The summed E-state index contributed by atoms with van der Waals surface area (Å²) in [5, 5.41) is 0.558. The molecular formula is C12H15N3OS. The predicted octanol–water partition coefficient (Wildman–Crippen LogP) is 3.34. The summed E-state index contributed by atoms with van der Waals surface area (Å²) in [6.07, 6.45) is 0. The molecule has 90 valence electrons. The van der Waals surface area contributed by atoms with Crippen LogP contribution in [0, 0.1) is 6.92 Å². The minimum Gasteiger partial charge on any atom is -0.429 e. The molecule has 4 nitrogen and oxygen atoms in total. The Balaban J connectivity index is 2.22. The quantitative estimate of drug-likeness (QED) is 0.847. The zero-order valence-electron chi connectivity index (χ0n) is 10.1. The first kappa shape index (κ1) is 11.9. The van der Waals surface area contributed by atoms with Gasteiger partial charge in [0.15, 0.2) is 0 Å². The molecule has 0 radical (unpaired) electrons. The van der Waals surface area contributed by atoms with Gasteiger partial charge in [0.1, 0.15) is 11.6 Å². The number of nitrogens with two attached hydrogens (primary N) is 1. The van der Waals surface area contributed by atoms with Crippen LogP contribution in [0.15, 0.2) is 18.2 Å². The lowest BCUT2D eigenvalue weighted by atomic mass is 10.2. The van der Waals surface area contributed by atoms with E-state index in [1.807, 2.05) is 25.1 Å². The van der Waals surface area contributed by atoms with E-state index in [-0.39, 0.29) is 0 Å². The van der Waals surface area contributed by atoms with Gasteiger partial charge in [-0.05, 0) is 19.1 Å². The van der Waals surface area contributed by atoms with E-state index >= 15 is 0 Å². The van der Waals surface area contributed by atoms with E-state index in [4.69, 9.17) is 10.5 Å². The number of nitrogens with zero attached hydrogens (tertiary/aromatic N) is 2. The molecule has 0 saturated carbocycles. The molecule has 1 heterocycles. The van der Waals surface area contributed by atoms with Gasteiger partial charge in [-0.15, -0.1) is 0 Å². The van der Waals surface area contributed by atoms with Gasteiger partial charge in [-0.2, -0.15) is 9.36 Å². The third kappa shape index (κ3) is 2.55. The van der Waals surface area contributed by atoms with Crippen LogP contribution in [0.4, 0.5) is 5.69 Å². The maximum Gasteiger partial charge on any atom is 0.298 e. The van der Waals surface area contributed by atoms with Gasteiger partial charge in [0.05, 0.1) is 0 Å². The van der Waals surface area contributed by atoms with E-state index in [1.54, 1.807) is 0 Å². The Kier molecular flexibility index (Phi) is 3.28. The van der Waals surface area contributed by atoms with Gasteiger partial charge in [-0.25, -0.2) is 0 Å². The topological polar surface area (TPSA) is 61.0 Å². The number of benzene rings is 1. The Bertz CT molecular complexity index is 522. The first-order chi connectivity index (χ1) is 8.08. The number of hydrogen-bond donors (Lipinski definition) is 1. The van der Waals surface area contributed by atoms with Crippen LogP contribution >= 0.6 is 11.5 Å². The highest BCUT2D eigenvalue weighted by molar-refractivity contribution is 7.07. The second kappa shape index (κ2) is 4.71. The van der Waals surface area contributed by atoms with Crippen molar-refractivity contribution in [3.8, 4) is 10.9 Å². The molecule has 2 aromatic rings. The Morgan fingerprint density at radius 2 is 2.12 bits per heavy atom. The standard InChI is InChI=1S/C12H15N3OS/c1-7(2)11-14-12(17-15-11)16-10-6-4-5-9(13)8(10)3/h4-7H,13H2,1-3H3. The normalized spacial score (nSPS) is 10.8. The summed E-state index contributed by atoms with van der Waals surface area (Å²) < 4.78 is 9.92. The Labute approximate surface area is 105 Å². The molecule has 0 saturated heterocycles. The van der Waals surface area contributed by atoms with Crippen LogP contribution < -0.4 is 10.5 Å². The van der Waals surface area contributed by atoms with Gasteiger partial charge in [-0.3, -0.25) is 0 Å². The highest BCUT2D eigenvalue weighted by Gasteiger charge is 2.10. The van der Waals surface area contributed by atoms with Crippen molar-refractivity contribution < 1.29 is 4.74 Å². The SMILES string of the molecule is Cc1c(N)cccc1Oc1nc(C(C)C)ns1. The number of rotatable bonds is 3. The summed E-state index contributed by atoms with van der Waals surface area (Å²) in [7, 11) is 0. The predicted molar refractivity (Wildman–Crippen MR) is 69.7 cm³/mol. The van der Waals surface area contributed by atoms with Gasteiger partial charge in [0.2, 0.25) is 0 Å². The molecule has 2 N–H and O–H groups in total. The van der Waals surface area contributed by atoms with Crippen LogP contribution in [-0.2, 0) is 0 Å². The zero-order chi connectivity index (χ0) is 12.4. The second-order valence-electron chi connectivity index (χ2n) is 4.15. The van der Waals surface area contributed by atoms with Crippen LogP contribution in [0.2, 0.25) is 0 Å². The third-order valence-electron chi connectivity index (χ3n) is 2.46. The molecular weight excluding hydrogens is 234 g/mol. The average Bonchev–Trinajstić information content (AvgIpc) is 2.73. The Morgan fingerprint density at radius 3 is 2.76 bits per heavy atom. The monoisotopic (exact) mass is 249 g/mol. The van der Waals surface area contributed by atoms with Crippen molar-refractivity contribution in [2.24, 2.45) is 0 Å². The molecule has 17 heavy (non-hydrogen) atoms. The van der Waals surface area contributed by atoms with Crippen molar-refractivity contribution in [1.82, 2.24) is 9.36 Å². The smallest absolute Gasteiger partial charge is 0.298 e. The minimum absolute atomic E-state index is 0.311. The first-order valence-electron chi connectivity index (χ1n) is 5.44. The van der Waals surface area contributed by atoms with E-state index in [2.05, 4.69) is 23.2 Å². The van der Waals surface area contributed by atoms with Crippen molar-refractivity contribution in [3.63, 3.8) is 0 Å². The van der Waals surface area contributed by atoms with Gasteiger partial charge >= 0.3 is 0 Å². The lowest BCUT2D eigenvalue weighted by Gasteiger charge is -2.06. The Hall–Kier alpha value is -1.62. The highest BCUT2D eigenvalue weighted by atomic mass is 32.1.